The van der Waals surface area contributed by atoms with E-state index in [2.05, 4.69) is 29.0 Å². The van der Waals surface area contributed by atoms with Gasteiger partial charge in [-0.05, 0) is 37.2 Å². The minimum absolute atomic E-state index is 0.126. The van der Waals surface area contributed by atoms with Crippen LogP contribution in [0.25, 0.3) is 0 Å². The van der Waals surface area contributed by atoms with E-state index in [9.17, 15) is 4.79 Å². The average Bonchev–Trinajstić information content (AvgIpc) is 3.03. The molecule has 2 heterocycles. The maximum atomic E-state index is 12.4. The number of unbranched alkanes of at least 4 members (excludes halogenated alkanes) is 1. The third kappa shape index (κ3) is 4.58. The van der Waals surface area contributed by atoms with Crippen molar-refractivity contribution in [2.45, 2.75) is 39.7 Å². The van der Waals surface area contributed by atoms with Crippen LogP contribution >= 0.6 is 11.3 Å². The summed E-state index contributed by atoms with van der Waals surface area (Å²) in [5.74, 6) is 0.674. The number of hydrogen-bond donors (Lipinski definition) is 1. The number of nitrogens with zero attached hydrogens (tertiary/aromatic N) is 2. The van der Waals surface area contributed by atoms with Gasteiger partial charge < -0.3 is 4.74 Å². The van der Waals surface area contributed by atoms with E-state index in [1.165, 1.54) is 4.88 Å². The zero-order chi connectivity index (χ0) is 17.6. The number of rotatable bonds is 7. The normalized spacial score (nSPS) is 14.2. The van der Waals surface area contributed by atoms with Gasteiger partial charge in [0.1, 0.15) is 5.75 Å². The summed E-state index contributed by atoms with van der Waals surface area (Å²) < 4.78 is 5.63. The monoisotopic (exact) mass is 359 g/mol. The Kier molecular flexibility index (Phi) is 6.04. The molecule has 0 atom stereocenters. The van der Waals surface area contributed by atoms with Crippen molar-refractivity contribution in [3.63, 3.8) is 0 Å². The van der Waals surface area contributed by atoms with Crippen LogP contribution in [0, 0.1) is 0 Å². The Morgan fingerprint density at radius 2 is 2.12 bits per heavy atom. The van der Waals surface area contributed by atoms with Gasteiger partial charge in [0, 0.05) is 30.0 Å². The Balaban J connectivity index is 1.60. The summed E-state index contributed by atoms with van der Waals surface area (Å²) in [6.45, 7) is 8.04. The molecule has 5 nitrogen and oxygen atoms in total. The SMILES string of the molecule is CCCCOc1ccc(C(=O)Nc2nc3c(s2)CN(CC)CC3)cc1. The number of thiazole rings is 1. The molecule has 1 aliphatic heterocycles. The maximum Gasteiger partial charge on any atom is 0.257 e. The zero-order valence-corrected chi connectivity index (χ0v) is 15.7. The standard InChI is InChI=1S/C19H25N3O2S/c1-3-5-12-24-15-8-6-14(7-9-15)18(23)21-19-20-16-10-11-22(4-2)13-17(16)25-19/h6-9H,3-5,10-13H2,1-2H3,(H,20,21,23). The number of amides is 1. The lowest BCUT2D eigenvalue weighted by Gasteiger charge is -2.23. The van der Waals surface area contributed by atoms with E-state index in [4.69, 9.17) is 4.74 Å². The Morgan fingerprint density at radius 3 is 2.84 bits per heavy atom. The Labute approximate surface area is 153 Å². The number of nitrogens with one attached hydrogen (secondary N) is 1. The molecular weight excluding hydrogens is 334 g/mol. The highest BCUT2D eigenvalue weighted by Crippen LogP contribution is 2.28. The van der Waals surface area contributed by atoms with Gasteiger partial charge in [0.15, 0.2) is 5.13 Å². The number of fused-ring (bicyclic) bond motifs is 1. The quantitative estimate of drug-likeness (QED) is 0.761. The van der Waals surface area contributed by atoms with Crippen LogP contribution in [0.4, 0.5) is 5.13 Å². The first-order chi connectivity index (χ1) is 12.2. The van der Waals surface area contributed by atoms with Crippen molar-refractivity contribution in [2.75, 3.05) is 25.0 Å². The average molecular weight is 359 g/mol. The van der Waals surface area contributed by atoms with E-state index >= 15 is 0 Å². The van der Waals surface area contributed by atoms with Gasteiger partial charge in [0.05, 0.1) is 12.3 Å². The van der Waals surface area contributed by atoms with Gasteiger partial charge in [-0.2, -0.15) is 0 Å². The summed E-state index contributed by atoms with van der Waals surface area (Å²) in [6.07, 6.45) is 3.10. The van der Waals surface area contributed by atoms with Crippen LogP contribution in [-0.2, 0) is 13.0 Å². The number of carbonyl (C=O) groups is 1. The van der Waals surface area contributed by atoms with E-state index in [0.29, 0.717) is 17.3 Å². The molecule has 0 bridgehead atoms. The fourth-order valence-electron chi connectivity index (χ4n) is 2.78. The fourth-order valence-corrected chi connectivity index (χ4v) is 3.82. The van der Waals surface area contributed by atoms with Crippen LogP contribution in [0.1, 0.15) is 47.6 Å². The van der Waals surface area contributed by atoms with Crippen molar-refractivity contribution < 1.29 is 9.53 Å². The number of likely N-dealkylation sites (N-methyl/N-ethyl adjacent to an activating group) is 1. The fraction of sp³-hybridized carbons (Fsp3) is 0.474. The highest BCUT2D eigenvalue weighted by molar-refractivity contribution is 7.15. The number of anilines is 1. The third-order valence-electron chi connectivity index (χ3n) is 4.36. The van der Waals surface area contributed by atoms with Crippen LogP contribution in [0.2, 0.25) is 0 Å². The number of benzene rings is 1. The first-order valence-corrected chi connectivity index (χ1v) is 9.76. The number of hydrogen-bond acceptors (Lipinski definition) is 5. The molecule has 1 aromatic heterocycles. The van der Waals surface area contributed by atoms with Crippen molar-refractivity contribution in [1.82, 2.24) is 9.88 Å². The first-order valence-electron chi connectivity index (χ1n) is 8.94. The van der Waals surface area contributed by atoms with Crippen LogP contribution in [0.15, 0.2) is 24.3 Å². The second kappa shape index (κ2) is 8.45. The van der Waals surface area contributed by atoms with Crippen molar-refractivity contribution in [3.05, 3.63) is 40.4 Å². The van der Waals surface area contributed by atoms with E-state index in [-0.39, 0.29) is 5.91 Å². The summed E-state index contributed by atoms with van der Waals surface area (Å²) in [5, 5.41) is 3.62. The molecule has 0 fully saturated rings. The van der Waals surface area contributed by atoms with Crippen LogP contribution in [0.5, 0.6) is 5.75 Å². The molecule has 2 aromatic rings. The molecule has 0 radical (unpaired) electrons. The van der Waals surface area contributed by atoms with Crippen LogP contribution < -0.4 is 10.1 Å². The second-order valence-corrected chi connectivity index (χ2v) is 7.27. The minimum atomic E-state index is -0.126. The van der Waals surface area contributed by atoms with Gasteiger partial charge >= 0.3 is 0 Å². The van der Waals surface area contributed by atoms with Gasteiger partial charge in [-0.15, -0.1) is 11.3 Å². The van der Waals surface area contributed by atoms with E-state index in [1.54, 1.807) is 23.5 Å². The Hall–Kier alpha value is -1.92. The van der Waals surface area contributed by atoms with E-state index in [1.807, 2.05) is 12.1 Å². The number of ether oxygens (including phenoxy) is 1. The lowest BCUT2D eigenvalue weighted by Crippen LogP contribution is -2.29. The van der Waals surface area contributed by atoms with Gasteiger partial charge in [-0.25, -0.2) is 4.98 Å². The molecule has 3 rings (SSSR count). The molecule has 1 aromatic carbocycles. The van der Waals surface area contributed by atoms with E-state index in [0.717, 1.165) is 50.3 Å². The maximum absolute atomic E-state index is 12.4. The molecule has 0 unspecified atom stereocenters. The van der Waals surface area contributed by atoms with Crippen LogP contribution in [0.3, 0.4) is 0 Å². The van der Waals surface area contributed by atoms with Crippen LogP contribution in [-0.4, -0.2) is 35.5 Å². The summed E-state index contributed by atoms with van der Waals surface area (Å²) in [5.41, 5.74) is 1.75. The molecule has 1 amide bonds. The molecule has 134 valence electrons. The molecule has 1 aliphatic rings. The van der Waals surface area contributed by atoms with Gasteiger partial charge in [-0.3, -0.25) is 15.0 Å². The molecule has 6 heteroatoms. The van der Waals surface area contributed by atoms with Gasteiger partial charge in [0.25, 0.3) is 5.91 Å². The topological polar surface area (TPSA) is 54.5 Å². The molecule has 0 saturated carbocycles. The molecule has 25 heavy (non-hydrogen) atoms. The van der Waals surface area contributed by atoms with Crippen molar-refractivity contribution >= 4 is 22.4 Å². The summed E-state index contributed by atoms with van der Waals surface area (Å²) in [7, 11) is 0. The summed E-state index contributed by atoms with van der Waals surface area (Å²) in [4.78, 5) is 20.7. The lowest BCUT2D eigenvalue weighted by molar-refractivity contribution is 0.102. The predicted molar refractivity (Wildman–Crippen MR) is 102 cm³/mol. The highest BCUT2D eigenvalue weighted by atomic mass is 32.1. The molecule has 0 saturated heterocycles. The molecular formula is C19H25N3O2S. The van der Waals surface area contributed by atoms with Crippen molar-refractivity contribution in [3.8, 4) is 5.75 Å². The molecule has 0 spiro atoms. The largest absolute Gasteiger partial charge is 0.494 e. The lowest BCUT2D eigenvalue weighted by atomic mass is 10.2. The second-order valence-electron chi connectivity index (χ2n) is 6.19. The molecule has 0 aliphatic carbocycles. The summed E-state index contributed by atoms with van der Waals surface area (Å²) in [6, 6.07) is 7.28. The van der Waals surface area contributed by atoms with Gasteiger partial charge in [0.2, 0.25) is 0 Å². The predicted octanol–water partition coefficient (Wildman–Crippen LogP) is 3.95. The first kappa shape index (κ1) is 17.9. The minimum Gasteiger partial charge on any atom is -0.494 e. The Morgan fingerprint density at radius 1 is 1.32 bits per heavy atom. The summed E-state index contributed by atoms with van der Waals surface area (Å²) >= 11 is 1.58. The molecule has 1 N–H and O–H groups in total. The van der Waals surface area contributed by atoms with Crippen molar-refractivity contribution in [1.29, 1.82) is 0 Å². The number of aromatic nitrogens is 1. The third-order valence-corrected chi connectivity index (χ3v) is 5.36. The highest BCUT2D eigenvalue weighted by Gasteiger charge is 2.20. The smallest absolute Gasteiger partial charge is 0.257 e. The van der Waals surface area contributed by atoms with Gasteiger partial charge in [-0.1, -0.05) is 20.3 Å². The van der Waals surface area contributed by atoms with E-state index < -0.39 is 0 Å². The van der Waals surface area contributed by atoms with Crippen molar-refractivity contribution in [2.24, 2.45) is 0 Å². The number of carbonyl (C=O) groups excluding carboxylic acids is 1. The Bertz CT molecular complexity index is 712. The zero-order valence-electron chi connectivity index (χ0n) is 14.9.